The first-order chi connectivity index (χ1) is 13.2. The third-order valence-corrected chi connectivity index (χ3v) is 4.72. The predicted octanol–water partition coefficient (Wildman–Crippen LogP) is 3.86. The highest BCUT2D eigenvalue weighted by Crippen LogP contribution is 2.22. The summed E-state index contributed by atoms with van der Waals surface area (Å²) in [6.07, 6.45) is 5.36. The van der Waals surface area contributed by atoms with Crippen LogP contribution < -0.4 is 10.1 Å². The summed E-state index contributed by atoms with van der Waals surface area (Å²) in [6.45, 7) is 1.12. The number of nitrogens with one attached hydrogen (secondary N) is 1. The van der Waals surface area contributed by atoms with E-state index in [0.717, 1.165) is 29.1 Å². The Bertz CT molecular complexity index is 853. The van der Waals surface area contributed by atoms with Crippen LogP contribution in [0.2, 0.25) is 0 Å². The van der Waals surface area contributed by atoms with Gasteiger partial charge in [-0.15, -0.1) is 11.3 Å². The zero-order valence-corrected chi connectivity index (χ0v) is 15.5. The van der Waals surface area contributed by atoms with E-state index in [1.165, 1.54) is 23.5 Å². The van der Waals surface area contributed by atoms with Gasteiger partial charge < -0.3 is 10.1 Å². The normalized spacial score (nSPS) is 10.6. The molecule has 0 aliphatic heterocycles. The van der Waals surface area contributed by atoms with Crippen LogP contribution in [0, 0.1) is 5.82 Å². The van der Waals surface area contributed by atoms with Gasteiger partial charge in [-0.1, -0.05) is 0 Å². The van der Waals surface area contributed by atoms with E-state index >= 15 is 0 Å². The molecule has 7 heteroatoms. The van der Waals surface area contributed by atoms with E-state index in [9.17, 15) is 9.18 Å². The van der Waals surface area contributed by atoms with E-state index in [-0.39, 0.29) is 18.1 Å². The molecule has 140 valence electrons. The number of carbonyl (C=O) groups excluding carboxylic acids is 1. The maximum Gasteiger partial charge on any atom is 0.226 e. The van der Waals surface area contributed by atoms with Crippen LogP contribution in [0.4, 0.5) is 4.39 Å². The summed E-state index contributed by atoms with van der Waals surface area (Å²) in [5.41, 5.74) is 1.71. The summed E-state index contributed by atoms with van der Waals surface area (Å²) in [5, 5.41) is 5.66. The largest absolute Gasteiger partial charge is 0.494 e. The third kappa shape index (κ3) is 6.14. The van der Waals surface area contributed by atoms with Gasteiger partial charge in [0, 0.05) is 29.9 Å². The Kier molecular flexibility index (Phi) is 6.87. The van der Waals surface area contributed by atoms with Crippen molar-refractivity contribution in [2.24, 2.45) is 0 Å². The number of thiazole rings is 1. The van der Waals surface area contributed by atoms with Crippen LogP contribution in [0.1, 0.15) is 18.5 Å². The standard InChI is InChI=1S/C20H20FN3O2S/c21-16-5-7-18(8-6-16)26-11-2-1-10-23-19(25)12-17-14-27-20(24-17)15-4-3-9-22-13-15/h3-9,13-14H,1-2,10-12H2,(H,23,25). The topological polar surface area (TPSA) is 64.1 Å². The molecule has 0 radical (unpaired) electrons. The lowest BCUT2D eigenvalue weighted by molar-refractivity contribution is -0.120. The van der Waals surface area contributed by atoms with Gasteiger partial charge in [-0.2, -0.15) is 0 Å². The summed E-state index contributed by atoms with van der Waals surface area (Å²) in [7, 11) is 0. The van der Waals surface area contributed by atoms with Crippen LogP contribution in [0.25, 0.3) is 10.6 Å². The molecule has 0 spiro atoms. The van der Waals surface area contributed by atoms with E-state index in [0.29, 0.717) is 18.9 Å². The number of ether oxygens (including phenoxy) is 1. The van der Waals surface area contributed by atoms with Gasteiger partial charge in [0.15, 0.2) is 0 Å². The number of hydrogen-bond acceptors (Lipinski definition) is 5. The first kappa shape index (κ1) is 19.0. The summed E-state index contributed by atoms with van der Waals surface area (Å²) < 4.78 is 18.3. The van der Waals surface area contributed by atoms with Gasteiger partial charge in [0.1, 0.15) is 16.6 Å². The molecule has 3 rings (SSSR count). The van der Waals surface area contributed by atoms with Crippen LogP contribution in [-0.4, -0.2) is 29.0 Å². The van der Waals surface area contributed by atoms with E-state index in [2.05, 4.69) is 15.3 Å². The smallest absolute Gasteiger partial charge is 0.226 e. The van der Waals surface area contributed by atoms with E-state index in [1.807, 2.05) is 17.5 Å². The zero-order chi connectivity index (χ0) is 18.9. The number of rotatable bonds is 9. The number of amides is 1. The number of halogens is 1. The Balaban J connectivity index is 1.32. The number of carbonyl (C=O) groups is 1. The lowest BCUT2D eigenvalue weighted by atomic mass is 10.3. The maximum atomic E-state index is 12.8. The van der Waals surface area contributed by atoms with Gasteiger partial charge in [-0.25, -0.2) is 9.37 Å². The molecule has 3 aromatic rings. The van der Waals surface area contributed by atoms with Gasteiger partial charge in [0.2, 0.25) is 5.91 Å². The van der Waals surface area contributed by atoms with Crippen molar-refractivity contribution in [2.45, 2.75) is 19.3 Å². The molecular formula is C20H20FN3O2S. The summed E-state index contributed by atoms with van der Waals surface area (Å²) in [5.74, 6) is 0.323. The quantitative estimate of drug-likeness (QED) is 0.568. The molecule has 1 N–H and O–H groups in total. The number of nitrogens with zero attached hydrogens (tertiary/aromatic N) is 2. The van der Waals surface area contributed by atoms with Crippen molar-refractivity contribution in [3.63, 3.8) is 0 Å². The molecule has 0 aliphatic carbocycles. The van der Waals surface area contributed by atoms with E-state index in [1.54, 1.807) is 24.5 Å². The van der Waals surface area contributed by atoms with Crippen molar-refractivity contribution in [3.05, 3.63) is 65.7 Å². The van der Waals surface area contributed by atoms with Crippen molar-refractivity contribution < 1.29 is 13.9 Å². The van der Waals surface area contributed by atoms with Crippen LogP contribution in [0.15, 0.2) is 54.2 Å². The average Bonchev–Trinajstić information content (AvgIpc) is 3.15. The second-order valence-electron chi connectivity index (χ2n) is 5.92. The minimum atomic E-state index is -0.280. The fourth-order valence-electron chi connectivity index (χ4n) is 2.41. The minimum Gasteiger partial charge on any atom is -0.494 e. The SMILES string of the molecule is O=C(Cc1csc(-c2cccnc2)n1)NCCCCOc1ccc(F)cc1. The Hall–Kier alpha value is -2.80. The van der Waals surface area contributed by atoms with Crippen LogP contribution >= 0.6 is 11.3 Å². The van der Waals surface area contributed by atoms with Crippen molar-refractivity contribution in [2.75, 3.05) is 13.2 Å². The molecule has 0 bridgehead atoms. The number of unbranched alkanes of at least 4 members (excludes halogenated alkanes) is 1. The highest BCUT2D eigenvalue weighted by molar-refractivity contribution is 7.13. The Morgan fingerprint density at radius 1 is 1.19 bits per heavy atom. The molecule has 2 heterocycles. The van der Waals surface area contributed by atoms with Crippen LogP contribution in [0.5, 0.6) is 5.75 Å². The lowest BCUT2D eigenvalue weighted by Crippen LogP contribution is -2.26. The second-order valence-corrected chi connectivity index (χ2v) is 6.78. The van der Waals surface area contributed by atoms with Crippen molar-refractivity contribution in [1.29, 1.82) is 0 Å². The fourth-order valence-corrected chi connectivity index (χ4v) is 3.22. The first-order valence-electron chi connectivity index (χ1n) is 8.70. The highest BCUT2D eigenvalue weighted by Gasteiger charge is 2.08. The van der Waals surface area contributed by atoms with Gasteiger partial charge in [0.05, 0.1) is 18.7 Å². The lowest BCUT2D eigenvalue weighted by Gasteiger charge is -2.07. The molecule has 0 saturated heterocycles. The number of aromatic nitrogens is 2. The maximum absolute atomic E-state index is 12.8. The minimum absolute atomic E-state index is 0.0440. The van der Waals surface area contributed by atoms with E-state index in [4.69, 9.17) is 4.74 Å². The Morgan fingerprint density at radius 2 is 2.04 bits per heavy atom. The Morgan fingerprint density at radius 3 is 2.81 bits per heavy atom. The predicted molar refractivity (Wildman–Crippen MR) is 103 cm³/mol. The second kappa shape index (κ2) is 9.78. The van der Waals surface area contributed by atoms with Gasteiger partial charge in [-0.3, -0.25) is 9.78 Å². The van der Waals surface area contributed by atoms with Crippen LogP contribution in [-0.2, 0) is 11.2 Å². The average molecular weight is 385 g/mol. The molecule has 0 unspecified atom stereocenters. The fraction of sp³-hybridized carbons (Fsp3) is 0.250. The monoisotopic (exact) mass is 385 g/mol. The van der Waals surface area contributed by atoms with Crippen molar-refractivity contribution >= 4 is 17.2 Å². The molecule has 0 aliphatic rings. The molecule has 0 saturated carbocycles. The van der Waals surface area contributed by atoms with Gasteiger partial charge in [0.25, 0.3) is 0 Å². The number of pyridine rings is 1. The first-order valence-corrected chi connectivity index (χ1v) is 9.58. The number of hydrogen-bond donors (Lipinski definition) is 1. The highest BCUT2D eigenvalue weighted by atomic mass is 32.1. The third-order valence-electron chi connectivity index (χ3n) is 3.78. The summed E-state index contributed by atoms with van der Waals surface area (Å²) in [6, 6.07) is 9.75. The summed E-state index contributed by atoms with van der Waals surface area (Å²) >= 11 is 1.51. The molecule has 27 heavy (non-hydrogen) atoms. The number of benzene rings is 1. The molecule has 2 aromatic heterocycles. The molecule has 0 atom stereocenters. The van der Waals surface area contributed by atoms with Gasteiger partial charge >= 0.3 is 0 Å². The molecule has 1 aromatic carbocycles. The zero-order valence-electron chi connectivity index (χ0n) is 14.7. The molecule has 1 amide bonds. The molecule has 0 fully saturated rings. The van der Waals surface area contributed by atoms with Crippen molar-refractivity contribution in [1.82, 2.24) is 15.3 Å². The van der Waals surface area contributed by atoms with Crippen molar-refractivity contribution in [3.8, 4) is 16.3 Å². The summed E-state index contributed by atoms with van der Waals surface area (Å²) in [4.78, 5) is 20.6. The molecular weight excluding hydrogens is 365 g/mol. The van der Waals surface area contributed by atoms with Gasteiger partial charge in [-0.05, 0) is 49.2 Å². The van der Waals surface area contributed by atoms with E-state index < -0.39 is 0 Å². The van der Waals surface area contributed by atoms with Crippen LogP contribution in [0.3, 0.4) is 0 Å². The Labute approximate surface area is 161 Å². The molecule has 5 nitrogen and oxygen atoms in total.